The molecule has 1 N–H and O–H groups in total. The van der Waals surface area contributed by atoms with E-state index in [1.54, 1.807) is 0 Å². The van der Waals surface area contributed by atoms with Gasteiger partial charge in [0.1, 0.15) is 30.5 Å². The molecule has 1 aliphatic heterocycles. The second-order valence-electron chi connectivity index (χ2n) is 10.0. The molecule has 8 nitrogen and oxygen atoms in total. The van der Waals surface area contributed by atoms with Gasteiger partial charge in [-0.3, -0.25) is 4.79 Å². The maximum Gasteiger partial charge on any atom is 0.306 e. The van der Waals surface area contributed by atoms with Gasteiger partial charge < -0.3 is 18.9 Å². The van der Waals surface area contributed by atoms with Crippen molar-refractivity contribution in [3.8, 4) is 28.4 Å². The monoisotopic (exact) mass is 601 g/mol. The molecule has 4 rings (SSSR count). The number of methoxy groups -OCH3 is 1. The van der Waals surface area contributed by atoms with E-state index in [1.807, 2.05) is 56.3 Å². The van der Waals surface area contributed by atoms with E-state index < -0.39 is 10.0 Å². The van der Waals surface area contributed by atoms with Gasteiger partial charge in [0.25, 0.3) is 0 Å². The molecule has 1 aliphatic rings. The van der Waals surface area contributed by atoms with Crippen molar-refractivity contribution < 1.29 is 32.2 Å². The minimum Gasteiger partial charge on any atom is -0.492 e. The summed E-state index contributed by atoms with van der Waals surface area (Å²) >= 11 is 5.58. The minimum atomic E-state index is -3.34. The molecular formula is C31H36ClNO7S. The zero-order valence-electron chi connectivity index (χ0n) is 23.6. The van der Waals surface area contributed by atoms with Crippen LogP contribution < -0.4 is 18.9 Å². The van der Waals surface area contributed by atoms with Crippen LogP contribution in [0.5, 0.6) is 17.2 Å². The minimum absolute atomic E-state index is 0.00809. The number of hydrogen-bond donors (Lipinski definition) is 1. The SMILES string of the molecule is COC(=O)C[C@@H]1COc2cc(OCc3cccc(-c4c(C)cc(OCCNS(=O)(=O)CCCCl)cc4C)c3)ccc21. The van der Waals surface area contributed by atoms with Gasteiger partial charge in [-0.05, 0) is 72.4 Å². The number of carbonyl (C=O) groups excluding carboxylic acids is 1. The van der Waals surface area contributed by atoms with Gasteiger partial charge in [0.15, 0.2) is 0 Å². The quantitative estimate of drug-likeness (QED) is 0.148. The number of fused-ring (bicyclic) bond motifs is 1. The summed E-state index contributed by atoms with van der Waals surface area (Å²) in [4.78, 5) is 11.7. The Labute approximate surface area is 247 Å². The molecule has 0 bridgehead atoms. The van der Waals surface area contributed by atoms with Crippen molar-refractivity contribution in [1.29, 1.82) is 0 Å². The molecule has 0 saturated heterocycles. The van der Waals surface area contributed by atoms with Crippen molar-refractivity contribution in [1.82, 2.24) is 4.72 Å². The largest absolute Gasteiger partial charge is 0.492 e. The van der Waals surface area contributed by atoms with Gasteiger partial charge >= 0.3 is 5.97 Å². The number of aryl methyl sites for hydroxylation is 2. The van der Waals surface area contributed by atoms with Gasteiger partial charge in [0.2, 0.25) is 10.0 Å². The fraction of sp³-hybridized carbons (Fsp3) is 0.387. The zero-order chi connectivity index (χ0) is 29.4. The second-order valence-corrected chi connectivity index (χ2v) is 12.3. The maximum absolute atomic E-state index is 11.9. The molecule has 0 radical (unpaired) electrons. The van der Waals surface area contributed by atoms with Gasteiger partial charge in [0, 0.05) is 30.0 Å². The van der Waals surface area contributed by atoms with Crippen LogP contribution in [0.15, 0.2) is 54.6 Å². The number of carbonyl (C=O) groups is 1. The number of esters is 1. The molecule has 0 aliphatic carbocycles. The van der Waals surface area contributed by atoms with E-state index >= 15 is 0 Å². The van der Waals surface area contributed by atoms with E-state index in [9.17, 15) is 13.2 Å². The van der Waals surface area contributed by atoms with Crippen LogP contribution >= 0.6 is 11.6 Å². The number of benzene rings is 3. The van der Waals surface area contributed by atoms with Crippen molar-refractivity contribution in [2.75, 3.05) is 38.5 Å². The van der Waals surface area contributed by atoms with E-state index in [-0.39, 0.29) is 30.8 Å². The van der Waals surface area contributed by atoms with Crippen LogP contribution in [0.25, 0.3) is 11.1 Å². The molecule has 1 heterocycles. The van der Waals surface area contributed by atoms with E-state index in [0.29, 0.717) is 43.4 Å². The van der Waals surface area contributed by atoms with E-state index in [2.05, 4.69) is 16.9 Å². The molecule has 1 atom stereocenters. The van der Waals surface area contributed by atoms with E-state index in [0.717, 1.165) is 39.1 Å². The van der Waals surface area contributed by atoms with Crippen LogP contribution in [0.2, 0.25) is 0 Å². The lowest BCUT2D eigenvalue weighted by Crippen LogP contribution is -2.30. The van der Waals surface area contributed by atoms with Gasteiger partial charge in [0.05, 0.1) is 25.9 Å². The summed E-state index contributed by atoms with van der Waals surface area (Å²) in [6, 6.07) is 17.9. The van der Waals surface area contributed by atoms with Gasteiger partial charge in [-0.25, -0.2) is 13.1 Å². The Bertz CT molecular complexity index is 1450. The first-order chi connectivity index (χ1) is 19.7. The van der Waals surface area contributed by atoms with E-state index in [4.69, 9.17) is 30.5 Å². The number of rotatable bonds is 14. The normalized spacial score (nSPS) is 14.3. The van der Waals surface area contributed by atoms with Gasteiger partial charge in [-0.2, -0.15) is 0 Å². The fourth-order valence-corrected chi connectivity index (χ4v) is 6.28. The average molecular weight is 602 g/mol. The van der Waals surface area contributed by atoms with Crippen LogP contribution in [-0.4, -0.2) is 52.9 Å². The molecule has 41 heavy (non-hydrogen) atoms. The lowest BCUT2D eigenvalue weighted by Gasteiger charge is -2.15. The average Bonchev–Trinajstić information content (AvgIpc) is 3.34. The highest BCUT2D eigenvalue weighted by atomic mass is 35.5. The van der Waals surface area contributed by atoms with E-state index in [1.165, 1.54) is 7.11 Å². The highest BCUT2D eigenvalue weighted by molar-refractivity contribution is 7.89. The van der Waals surface area contributed by atoms with Crippen LogP contribution in [0, 0.1) is 13.8 Å². The van der Waals surface area contributed by atoms with Gasteiger partial charge in [-0.15, -0.1) is 11.6 Å². The summed E-state index contributed by atoms with van der Waals surface area (Å²) in [7, 11) is -1.95. The van der Waals surface area contributed by atoms with Gasteiger partial charge in [-0.1, -0.05) is 24.3 Å². The first-order valence-corrected chi connectivity index (χ1v) is 15.7. The predicted molar refractivity (Wildman–Crippen MR) is 160 cm³/mol. The molecule has 3 aromatic rings. The van der Waals surface area contributed by atoms with Crippen LogP contribution in [0.4, 0.5) is 0 Å². The Balaban J connectivity index is 1.36. The van der Waals surface area contributed by atoms with Crippen molar-refractivity contribution in [3.05, 3.63) is 76.9 Å². The lowest BCUT2D eigenvalue weighted by atomic mass is 9.94. The number of sulfonamides is 1. The number of ether oxygens (including phenoxy) is 4. The van der Waals surface area contributed by atoms with Crippen molar-refractivity contribution >= 4 is 27.6 Å². The first kappa shape index (κ1) is 30.7. The van der Waals surface area contributed by atoms with Crippen molar-refractivity contribution in [2.24, 2.45) is 0 Å². The molecular weight excluding hydrogens is 566 g/mol. The summed E-state index contributed by atoms with van der Waals surface area (Å²) in [5, 5.41) is 0. The molecule has 3 aromatic carbocycles. The first-order valence-electron chi connectivity index (χ1n) is 13.5. The summed E-state index contributed by atoms with van der Waals surface area (Å²) in [5.74, 6) is 2.18. The third kappa shape index (κ3) is 8.38. The number of halogens is 1. The Morgan fingerprint density at radius 2 is 1.83 bits per heavy atom. The molecule has 10 heteroatoms. The molecule has 220 valence electrons. The number of nitrogens with one attached hydrogen (secondary N) is 1. The maximum atomic E-state index is 11.9. The fourth-order valence-electron chi connectivity index (χ4n) is 4.93. The smallest absolute Gasteiger partial charge is 0.306 e. The summed E-state index contributed by atoms with van der Waals surface area (Å²) in [5.41, 5.74) is 6.31. The molecule has 0 spiro atoms. The molecule has 0 aromatic heterocycles. The highest BCUT2D eigenvalue weighted by Crippen LogP contribution is 2.38. The summed E-state index contributed by atoms with van der Waals surface area (Å²) < 4.78 is 48.8. The van der Waals surface area contributed by atoms with Crippen molar-refractivity contribution in [3.63, 3.8) is 0 Å². The molecule has 0 unspecified atom stereocenters. The summed E-state index contributed by atoms with van der Waals surface area (Å²) in [6.07, 6.45) is 0.702. The lowest BCUT2D eigenvalue weighted by molar-refractivity contribution is -0.141. The topological polar surface area (TPSA) is 100 Å². The van der Waals surface area contributed by atoms with Crippen LogP contribution in [0.1, 0.15) is 41.0 Å². The molecule has 0 amide bonds. The van der Waals surface area contributed by atoms with Crippen LogP contribution in [0.3, 0.4) is 0 Å². The number of alkyl halides is 1. The number of hydrogen-bond acceptors (Lipinski definition) is 7. The van der Waals surface area contributed by atoms with Crippen molar-refractivity contribution in [2.45, 2.75) is 39.2 Å². The second kappa shape index (κ2) is 14.1. The Kier molecular flexibility index (Phi) is 10.5. The summed E-state index contributed by atoms with van der Waals surface area (Å²) in [6.45, 7) is 5.32. The van der Waals surface area contributed by atoms with Crippen LogP contribution in [-0.2, 0) is 26.2 Å². The third-order valence-corrected chi connectivity index (χ3v) is 8.61. The molecule has 0 fully saturated rings. The predicted octanol–water partition coefficient (Wildman–Crippen LogP) is 5.52. The highest BCUT2D eigenvalue weighted by Gasteiger charge is 2.27. The Morgan fingerprint density at radius 1 is 1.05 bits per heavy atom. The third-order valence-electron chi connectivity index (χ3n) is 6.87. The zero-order valence-corrected chi connectivity index (χ0v) is 25.1. The molecule has 0 saturated carbocycles. The standard InChI is InChI=1S/C31H36ClNO7S/c1-21-14-27(38-12-11-33-41(35,36)13-5-10-32)15-22(2)31(21)24-7-4-6-23(16-24)19-39-26-8-9-28-25(17-30(34)37-3)20-40-29(28)18-26/h4,6-9,14-16,18,25,33H,5,10-13,17,19-20H2,1-3H3/t25-/m1/s1. The Hall–Kier alpha value is -3.27. The Morgan fingerprint density at radius 3 is 2.56 bits per heavy atom.